The van der Waals surface area contributed by atoms with Gasteiger partial charge in [0.2, 0.25) is 5.78 Å². The highest BCUT2D eigenvalue weighted by molar-refractivity contribution is 5.72. The summed E-state index contributed by atoms with van der Waals surface area (Å²) in [5.74, 6) is -0.784. The maximum atomic E-state index is 14.5. The molecular weight excluding hydrogens is 350 g/mol. The number of hydrogen-bond acceptors (Lipinski definition) is 4. The fourth-order valence-corrected chi connectivity index (χ4v) is 2.96. The van der Waals surface area contributed by atoms with E-state index < -0.39 is 11.4 Å². The van der Waals surface area contributed by atoms with Crippen LogP contribution in [0.1, 0.15) is 19.5 Å². The van der Waals surface area contributed by atoms with Gasteiger partial charge in [-0.2, -0.15) is 0 Å². The van der Waals surface area contributed by atoms with Crippen molar-refractivity contribution in [3.63, 3.8) is 0 Å². The molecule has 27 heavy (non-hydrogen) atoms. The van der Waals surface area contributed by atoms with Crippen LogP contribution in [0.25, 0.3) is 28.2 Å². The molecule has 4 rings (SSSR count). The molecule has 0 fully saturated rings. The van der Waals surface area contributed by atoms with Gasteiger partial charge in [0.05, 0.1) is 18.1 Å². The Labute approximate surface area is 154 Å². The zero-order valence-corrected chi connectivity index (χ0v) is 14.7. The second-order valence-electron chi connectivity index (χ2n) is 6.75. The van der Waals surface area contributed by atoms with Crippen LogP contribution in [0.4, 0.5) is 8.78 Å². The summed E-state index contributed by atoms with van der Waals surface area (Å²) < 4.78 is 30.2. The molecule has 0 saturated carbocycles. The Morgan fingerprint density at radius 3 is 2.56 bits per heavy atom. The zero-order valence-electron chi connectivity index (χ0n) is 14.7. The van der Waals surface area contributed by atoms with Gasteiger partial charge in [-0.25, -0.2) is 18.7 Å². The predicted octanol–water partition coefficient (Wildman–Crippen LogP) is 3.96. The van der Waals surface area contributed by atoms with E-state index in [0.29, 0.717) is 22.4 Å². The quantitative estimate of drug-likeness (QED) is 0.596. The summed E-state index contributed by atoms with van der Waals surface area (Å²) in [5.41, 5.74) is 0.726. The second-order valence-corrected chi connectivity index (χ2v) is 6.75. The molecule has 0 atom stereocenters. The maximum absolute atomic E-state index is 14.5. The Hall–Kier alpha value is -3.19. The third kappa shape index (κ3) is 3.06. The van der Waals surface area contributed by atoms with Crippen LogP contribution in [0, 0.1) is 11.6 Å². The van der Waals surface area contributed by atoms with E-state index >= 15 is 0 Å². The van der Waals surface area contributed by atoms with Gasteiger partial charge in [-0.05, 0) is 38.1 Å². The van der Waals surface area contributed by atoms with E-state index in [1.807, 2.05) is 0 Å². The number of nitrogens with zero attached hydrogens (tertiary/aromatic N) is 4. The number of imidazole rings is 1. The standard InChI is InChI=1S/C20H16F2N4O/c1-20(2,27)18-16(22)11-26-17(10-24-19(26)25-18)12-5-6-15(21)14(8-12)13-4-3-7-23-9-13/h3-11,27H,1-2H3. The Morgan fingerprint density at radius 1 is 1.04 bits per heavy atom. The van der Waals surface area contributed by atoms with Crippen LogP contribution < -0.4 is 0 Å². The first kappa shape index (κ1) is 17.2. The van der Waals surface area contributed by atoms with Gasteiger partial charge < -0.3 is 5.11 Å². The van der Waals surface area contributed by atoms with Crippen molar-refractivity contribution >= 4 is 5.78 Å². The average Bonchev–Trinajstić information content (AvgIpc) is 3.04. The highest BCUT2D eigenvalue weighted by Gasteiger charge is 2.24. The lowest BCUT2D eigenvalue weighted by Crippen LogP contribution is -2.20. The molecule has 0 bridgehead atoms. The summed E-state index contributed by atoms with van der Waals surface area (Å²) in [6.45, 7) is 2.91. The summed E-state index contributed by atoms with van der Waals surface area (Å²) in [4.78, 5) is 12.4. The van der Waals surface area contributed by atoms with Gasteiger partial charge >= 0.3 is 0 Å². The molecule has 0 aliphatic heterocycles. The zero-order chi connectivity index (χ0) is 19.2. The van der Waals surface area contributed by atoms with Gasteiger partial charge in [-0.15, -0.1) is 0 Å². The number of benzene rings is 1. The SMILES string of the molecule is CC(C)(O)c1nc2ncc(-c3ccc(F)c(-c4cccnc4)c3)n2cc1F. The van der Waals surface area contributed by atoms with E-state index in [0.717, 1.165) is 0 Å². The number of pyridine rings is 1. The minimum Gasteiger partial charge on any atom is -0.384 e. The van der Waals surface area contributed by atoms with Crippen LogP contribution in [-0.4, -0.2) is 24.5 Å². The van der Waals surface area contributed by atoms with Crippen LogP contribution in [-0.2, 0) is 5.60 Å². The molecular formula is C20H16F2N4O. The van der Waals surface area contributed by atoms with Crippen molar-refractivity contribution in [2.24, 2.45) is 0 Å². The molecule has 4 aromatic rings. The Balaban J connectivity index is 1.87. The first-order valence-electron chi connectivity index (χ1n) is 8.31. The lowest BCUT2D eigenvalue weighted by Gasteiger charge is -2.17. The summed E-state index contributed by atoms with van der Waals surface area (Å²) in [5, 5.41) is 10.1. The van der Waals surface area contributed by atoms with Crippen molar-refractivity contribution in [1.82, 2.24) is 19.4 Å². The molecule has 1 N–H and O–H groups in total. The minimum absolute atomic E-state index is 0.0812. The number of aliphatic hydroxyl groups is 1. The maximum Gasteiger partial charge on any atom is 0.234 e. The number of aromatic nitrogens is 4. The normalized spacial score (nSPS) is 11.9. The van der Waals surface area contributed by atoms with Gasteiger partial charge in [-0.3, -0.25) is 9.38 Å². The molecule has 7 heteroatoms. The van der Waals surface area contributed by atoms with E-state index in [2.05, 4.69) is 15.0 Å². The van der Waals surface area contributed by atoms with E-state index in [-0.39, 0.29) is 17.3 Å². The largest absolute Gasteiger partial charge is 0.384 e. The summed E-state index contributed by atoms with van der Waals surface area (Å²) in [6.07, 6.45) is 5.96. The van der Waals surface area contributed by atoms with Crippen molar-refractivity contribution in [3.8, 4) is 22.4 Å². The van der Waals surface area contributed by atoms with Gasteiger partial charge in [-0.1, -0.05) is 6.07 Å². The first-order chi connectivity index (χ1) is 12.8. The fourth-order valence-electron chi connectivity index (χ4n) is 2.96. The van der Waals surface area contributed by atoms with Crippen LogP contribution in [0.15, 0.2) is 55.1 Å². The number of rotatable bonds is 3. The summed E-state index contributed by atoms with van der Waals surface area (Å²) in [7, 11) is 0. The highest BCUT2D eigenvalue weighted by atomic mass is 19.1. The average molecular weight is 366 g/mol. The lowest BCUT2D eigenvalue weighted by atomic mass is 10.0. The van der Waals surface area contributed by atoms with Gasteiger partial charge in [0.1, 0.15) is 17.1 Å². The Kier molecular flexibility index (Phi) is 3.96. The van der Waals surface area contributed by atoms with Crippen LogP contribution >= 0.6 is 0 Å². The third-order valence-electron chi connectivity index (χ3n) is 4.27. The van der Waals surface area contributed by atoms with Crippen molar-refractivity contribution < 1.29 is 13.9 Å². The fraction of sp³-hybridized carbons (Fsp3) is 0.150. The monoisotopic (exact) mass is 366 g/mol. The third-order valence-corrected chi connectivity index (χ3v) is 4.27. The smallest absolute Gasteiger partial charge is 0.234 e. The van der Waals surface area contributed by atoms with E-state index in [1.165, 1.54) is 36.7 Å². The minimum atomic E-state index is -1.43. The van der Waals surface area contributed by atoms with Crippen LogP contribution in [0.5, 0.6) is 0 Å². The molecule has 3 heterocycles. The van der Waals surface area contributed by atoms with Gasteiger partial charge in [0.25, 0.3) is 0 Å². The second kappa shape index (κ2) is 6.21. The Bertz CT molecular complexity index is 1130. The van der Waals surface area contributed by atoms with Gasteiger partial charge in [0.15, 0.2) is 5.82 Å². The van der Waals surface area contributed by atoms with Crippen LogP contribution in [0.3, 0.4) is 0 Å². The van der Waals surface area contributed by atoms with Crippen molar-refractivity contribution in [1.29, 1.82) is 0 Å². The number of fused-ring (bicyclic) bond motifs is 1. The molecule has 136 valence electrons. The van der Waals surface area contributed by atoms with Gasteiger partial charge in [0, 0.05) is 29.1 Å². The molecule has 0 radical (unpaired) electrons. The topological polar surface area (TPSA) is 63.3 Å². The van der Waals surface area contributed by atoms with E-state index in [9.17, 15) is 13.9 Å². The Morgan fingerprint density at radius 2 is 1.85 bits per heavy atom. The van der Waals surface area contributed by atoms with Crippen molar-refractivity contribution in [2.45, 2.75) is 19.4 Å². The number of hydrogen-bond donors (Lipinski definition) is 1. The highest BCUT2D eigenvalue weighted by Crippen LogP contribution is 2.30. The summed E-state index contributed by atoms with van der Waals surface area (Å²) >= 11 is 0. The molecule has 0 saturated heterocycles. The molecule has 0 amide bonds. The summed E-state index contributed by atoms with van der Waals surface area (Å²) in [6, 6.07) is 8.11. The first-order valence-corrected chi connectivity index (χ1v) is 8.31. The van der Waals surface area contributed by atoms with Crippen molar-refractivity contribution in [2.75, 3.05) is 0 Å². The predicted molar refractivity (Wildman–Crippen MR) is 96.8 cm³/mol. The van der Waals surface area contributed by atoms with E-state index in [1.54, 1.807) is 36.7 Å². The molecule has 0 spiro atoms. The molecule has 0 aliphatic carbocycles. The molecule has 0 unspecified atom stereocenters. The van der Waals surface area contributed by atoms with Crippen molar-refractivity contribution in [3.05, 3.63) is 72.4 Å². The molecule has 3 aromatic heterocycles. The molecule has 1 aromatic carbocycles. The van der Waals surface area contributed by atoms with E-state index in [4.69, 9.17) is 0 Å². The number of halogens is 2. The van der Waals surface area contributed by atoms with Crippen LogP contribution in [0.2, 0.25) is 0 Å². The lowest BCUT2D eigenvalue weighted by molar-refractivity contribution is 0.0695. The molecule has 0 aliphatic rings. The molecule has 5 nitrogen and oxygen atoms in total.